The number of carbonyl (C=O) groups is 2. The van der Waals surface area contributed by atoms with Gasteiger partial charge >= 0.3 is 12.1 Å². The zero-order valence-electron chi connectivity index (χ0n) is 15.2. The van der Waals surface area contributed by atoms with Crippen LogP contribution < -0.4 is 15.9 Å². The molecular weight excluding hydrogens is 461 g/mol. The van der Waals surface area contributed by atoms with Crippen LogP contribution in [0.25, 0.3) is 0 Å². The number of carboxylic acid groups (broad SMARTS) is 1. The van der Waals surface area contributed by atoms with E-state index in [1.807, 2.05) is 30.3 Å². The van der Waals surface area contributed by atoms with Crippen molar-refractivity contribution < 1.29 is 36.3 Å². The van der Waals surface area contributed by atoms with E-state index in [2.05, 4.69) is 15.8 Å². The fraction of sp³-hybridized carbons (Fsp3) is 0.118. The van der Waals surface area contributed by atoms with Gasteiger partial charge in [0, 0.05) is 16.8 Å². The van der Waals surface area contributed by atoms with Gasteiger partial charge in [0.15, 0.2) is 0 Å². The molecule has 9 nitrogen and oxygen atoms in total. The van der Waals surface area contributed by atoms with Crippen LogP contribution in [0.1, 0.15) is 11.1 Å². The van der Waals surface area contributed by atoms with Gasteiger partial charge in [-0.05, 0) is 18.2 Å². The highest BCUT2D eigenvalue weighted by Gasteiger charge is 2.52. The maximum absolute atomic E-state index is 12.5. The molecule has 4 rings (SSSR count). The lowest BCUT2D eigenvalue weighted by Crippen LogP contribution is -2.39. The van der Waals surface area contributed by atoms with Gasteiger partial charge in [0.25, 0.3) is 5.91 Å². The summed E-state index contributed by atoms with van der Waals surface area (Å²) in [6, 6.07) is 13.7. The molecule has 2 aromatic carbocycles. The topological polar surface area (TPSA) is 151 Å². The van der Waals surface area contributed by atoms with E-state index in [0.717, 1.165) is 5.56 Å². The van der Waals surface area contributed by atoms with E-state index >= 15 is 0 Å². The number of halogens is 3. The van der Waals surface area contributed by atoms with E-state index in [9.17, 15) is 26.4 Å². The zero-order valence-corrected chi connectivity index (χ0v) is 16.8. The van der Waals surface area contributed by atoms with E-state index < -0.39 is 27.0 Å². The van der Waals surface area contributed by atoms with E-state index in [4.69, 9.17) is 15.0 Å². The molecule has 1 spiro atoms. The summed E-state index contributed by atoms with van der Waals surface area (Å²) < 4.78 is 55.0. The first-order chi connectivity index (χ1) is 14.3. The first kappa shape index (κ1) is 22.6. The molecule has 1 atom stereocenters. The summed E-state index contributed by atoms with van der Waals surface area (Å²) in [4.78, 5) is 20.2. The van der Waals surface area contributed by atoms with E-state index in [-0.39, 0.29) is 10.8 Å². The van der Waals surface area contributed by atoms with E-state index in [1.54, 1.807) is 0 Å². The number of hydrogen-bond acceptors (Lipinski definition) is 7. The minimum Gasteiger partial charge on any atom is -0.475 e. The predicted molar refractivity (Wildman–Crippen MR) is 106 cm³/mol. The van der Waals surface area contributed by atoms with Gasteiger partial charge < -0.3 is 10.4 Å². The number of nitrogens with zero attached hydrogens (tertiary/aromatic N) is 1. The number of carboxylic acids is 1. The molecule has 0 aromatic heterocycles. The van der Waals surface area contributed by atoms with Crippen LogP contribution in [0, 0.1) is 0 Å². The Kier molecular flexibility index (Phi) is 5.73. The smallest absolute Gasteiger partial charge is 0.475 e. The van der Waals surface area contributed by atoms with Gasteiger partial charge in [-0.25, -0.2) is 18.4 Å². The van der Waals surface area contributed by atoms with E-state index in [0.29, 0.717) is 16.3 Å². The fourth-order valence-corrected chi connectivity index (χ4v) is 4.36. The number of primary sulfonamides is 1. The Morgan fingerprint density at radius 2 is 1.77 bits per heavy atom. The standard InChI is InChI=1S/C15H12N4O3S2.C2HF3O2/c16-24(21,22)10-6-7-12-11(8-10)15(14(20)17-12)19-18-13(23-15)9-4-2-1-3-5-9;3-2(4,5)1(6)7/h1-8,19H,(H,17,20)(H2,16,21,22);(H,6,7). The first-order valence-electron chi connectivity index (χ1n) is 8.23. The van der Waals surface area contributed by atoms with Gasteiger partial charge in [0.2, 0.25) is 14.9 Å². The van der Waals surface area contributed by atoms with Gasteiger partial charge in [-0.1, -0.05) is 42.1 Å². The van der Waals surface area contributed by atoms with Gasteiger partial charge in [-0.2, -0.15) is 18.3 Å². The average molecular weight is 474 g/mol. The molecule has 31 heavy (non-hydrogen) atoms. The number of sulfonamides is 1. The Labute approximate surface area is 177 Å². The lowest BCUT2D eigenvalue weighted by molar-refractivity contribution is -0.192. The first-order valence-corrected chi connectivity index (χ1v) is 10.6. The van der Waals surface area contributed by atoms with Gasteiger partial charge in [-0.3, -0.25) is 10.2 Å². The third-order valence-corrected chi connectivity index (χ3v) is 6.33. The van der Waals surface area contributed by atoms with Crippen LogP contribution >= 0.6 is 11.8 Å². The highest BCUT2D eigenvalue weighted by atomic mass is 32.2. The molecule has 0 radical (unpaired) electrons. The van der Waals surface area contributed by atoms with Crippen LogP contribution in [0.3, 0.4) is 0 Å². The molecule has 0 saturated carbocycles. The molecular formula is C17H13F3N4O5S2. The fourth-order valence-electron chi connectivity index (χ4n) is 2.67. The number of alkyl halides is 3. The number of nitrogens with one attached hydrogen (secondary N) is 2. The van der Waals surface area contributed by atoms with Gasteiger partial charge in [0.1, 0.15) is 5.04 Å². The number of carbonyl (C=O) groups excluding carboxylic acids is 1. The lowest BCUT2D eigenvalue weighted by atomic mass is 10.1. The summed E-state index contributed by atoms with van der Waals surface area (Å²) in [5.74, 6) is -3.06. The molecule has 0 saturated heterocycles. The molecule has 2 aliphatic rings. The van der Waals surface area contributed by atoms with Crippen molar-refractivity contribution in [2.75, 3.05) is 5.32 Å². The summed E-state index contributed by atoms with van der Waals surface area (Å²) in [5, 5.41) is 20.0. The van der Waals surface area contributed by atoms with Crippen LogP contribution in [0.2, 0.25) is 0 Å². The summed E-state index contributed by atoms with van der Waals surface area (Å²) in [6.45, 7) is 0. The van der Waals surface area contributed by atoms with Crippen molar-refractivity contribution in [3.8, 4) is 0 Å². The Bertz CT molecular complexity index is 1190. The van der Waals surface area contributed by atoms with Crippen molar-refractivity contribution in [3.63, 3.8) is 0 Å². The molecule has 0 aliphatic carbocycles. The Morgan fingerprint density at radius 3 is 2.32 bits per heavy atom. The Balaban J connectivity index is 0.000000339. The zero-order chi connectivity index (χ0) is 23.0. The van der Waals surface area contributed by atoms with Crippen molar-refractivity contribution in [2.24, 2.45) is 10.2 Å². The molecule has 2 heterocycles. The quantitative estimate of drug-likeness (QED) is 0.518. The number of rotatable bonds is 2. The third-order valence-electron chi connectivity index (χ3n) is 4.09. The van der Waals surface area contributed by atoms with E-state index in [1.165, 1.54) is 30.0 Å². The molecule has 14 heteroatoms. The number of benzene rings is 2. The molecule has 2 aliphatic heterocycles. The molecule has 5 N–H and O–H groups in total. The average Bonchev–Trinajstić information content (AvgIpc) is 3.25. The summed E-state index contributed by atoms with van der Waals surface area (Å²) in [5.41, 5.74) is 4.78. The van der Waals surface area contributed by atoms with Crippen LogP contribution in [0.5, 0.6) is 0 Å². The number of amides is 1. The second-order valence-corrected chi connectivity index (χ2v) is 8.95. The number of fused-ring (bicyclic) bond motifs is 2. The highest BCUT2D eigenvalue weighted by Crippen LogP contribution is 2.48. The summed E-state index contributed by atoms with van der Waals surface area (Å²) in [6.07, 6.45) is -5.08. The van der Waals surface area contributed by atoms with Crippen LogP contribution in [-0.2, 0) is 24.5 Å². The largest absolute Gasteiger partial charge is 0.490 e. The minimum atomic E-state index is -5.08. The molecule has 2 aromatic rings. The number of thioether (sulfide) groups is 1. The van der Waals surface area contributed by atoms with Crippen molar-refractivity contribution in [1.82, 2.24) is 5.43 Å². The molecule has 1 unspecified atom stereocenters. The van der Waals surface area contributed by atoms with Crippen molar-refractivity contribution in [1.29, 1.82) is 0 Å². The summed E-state index contributed by atoms with van der Waals surface area (Å²) >= 11 is 1.24. The maximum Gasteiger partial charge on any atom is 0.490 e. The predicted octanol–water partition coefficient (Wildman–Crippen LogP) is 1.77. The van der Waals surface area contributed by atoms with Crippen molar-refractivity contribution in [2.45, 2.75) is 15.9 Å². The Morgan fingerprint density at radius 1 is 1.16 bits per heavy atom. The maximum atomic E-state index is 12.5. The van der Waals surface area contributed by atoms with Crippen LogP contribution in [0.15, 0.2) is 58.5 Å². The minimum absolute atomic E-state index is 0.0484. The second-order valence-electron chi connectivity index (χ2n) is 6.19. The molecule has 164 valence electrons. The van der Waals surface area contributed by atoms with Crippen LogP contribution in [-0.4, -0.2) is 36.6 Å². The normalized spacial score (nSPS) is 19.6. The molecule has 1 amide bonds. The lowest BCUT2D eigenvalue weighted by Gasteiger charge is -2.20. The molecule has 0 bridgehead atoms. The second kappa shape index (κ2) is 7.86. The number of nitrogens with two attached hydrogens (primary N) is 1. The van der Waals surface area contributed by atoms with Crippen molar-refractivity contribution in [3.05, 3.63) is 59.7 Å². The number of anilines is 1. The van der Waals surface area contributed by atoms with Crippen LogP contribution in [0.4, 0.5) is 18.9 Å². The SMILES string of the molecule is NS(=O)(=O)c1ccc2c(c1)C1(NN=C(c3ccccc3)S1)C(=O)N2.O=C(O)C(F)(F)F. The Hall–Kier alpha value is -3.10. The third kappa shape index (κ3) is 4.50. The summed E-state index contributed by atoms with van der Waals surface area (Å²) in [7, 11) is -3.87. The number of hydrogen-bond donors (Lipinski definition) is 4. The highest BCUT2D eigenvalue weighted by molar-refractivity contribution is 8.16. The van der Waals surface area contributed by atoms with Crippen molar-refractivity contribution >= 4 is 44.4 Å². The number of aliphatic carboxylic acids is 1. The monoisotopic (exact) mass is 474 g/mol. The van der Waals surface area contributed by atoms with Gasteiger partial charge in [-0.15, -0.1) is 0 Å². The number of hydrazone groups is 1. The molecule has 0 fully saturated rings. The van der Waals surface area contributed by atoms with Gasteiger partial charge in [0.05, 0.1) is 4.90 Å².